The Hall–Kier alpha value is -1.03. The van der Waals surface area contributed by atoms with Crippen molar-refractivity contribution in [2.75, 3.05) is 11.5 Å². The molecule has 0 amide bonds. The molecule has 1 aliphatic rings. The van der Waals surface area contributed by atoms with Gasteiger partial charge in [-0.3, -0.25) is 0 Å². The first-order valence-corrected chi connectivity index (χ1v) is 8.24. The summed E-state index contributed by atoms with van der Waals surface area (Å²) >= 11 is 0. The molecule has 0 aliphatic heterocycles. The predicted molar refractivity (Wildman–Crippen MR) is 74.2 cm³/mol. The average molecular weight is 267 g/mol. The van der Waals surface area contributed by atoms with E-state index in [1.54, 1.807) is 25.1 Å². The van der Waals surface area contributed by atoms with Gasteiger partial charge in [-0.25, -0.2) is 8.42 Å². The highest BCUT2D eigenvalue weighted by Gasteiger charge is 2.22. The lowest BCUT2D eigenvalue weighted by molar-refractivity contribution is 0.521. The van der Waals surface area contributed by atoms with Crippen LogP contribution < -0.4 is 5.73 Å². The maximum Gasteiger partial charge on any atom is 0.178 e. The molecule has 0 unspecified atom stereocenters. The predicted octanol–water partition coefficient (Wildman–Crippen LogP) is 2.93. The van der Waals surface area contributed by atoms with Crippen molar-refractivity contribution in [1.82, 2.24) is 0 Å². The van der Waals surface area contributed by atoms with E-state index < -0.39 is 9.84 Å². The fourth-order valence-corrected chi connectivity index (χ4v) is 4.43. The SMILES string of the molecule is Cc1c(N)cccc1S(=O)(=O)CCC1CCCC1. The van der Waals surface area contributed by atoms with E-state index in [2.05, 4.69) is 0 Å². The van der Waals surface area contributed by atoms with E-state index in [1.807, 2.05) is 0 Å². The third-order valence-corrected chi connectivity index (χ3v) is 5.82. The first kappa shape index (κ1) is 13.4. The summed E-state index contributed by atoms with van der Waals surface area (Å²) in [6, 6.07) is 5.12. The average Bonchev–Trinajstić information content (AvgIpc) is 2.83. The zero-order valence-corrected chi connectivity index (χ0v) is 11.7. The molecule has 18 heavy (non-hydrogen) atoms. The molecule has 1 saturated carbocycles. The minimum atomic E-state index is -3.18. The van der Waals surface area contributed by atoms with Crippen LogP contribution in [0.5, 0.6) is 0 Å². The summed E-state index contributed by atoms with van der Waals surface area (Å²) in [4.78, 5) is 0.403. The molecule has 0 bridgehead atoms. The van der Waals surface area contributed by atoms with Crippen molar-refractivity contribution < 1.29 is 8.42 Å². The van der Waals surface area contributed by atoms with Crippen LogP contribution >= 0.6 is 0 Å². The van der Waals surface area contributed by atoms with Crippen LogP contribution in [0.25, 0.3) is 0 Å². The van der Waals surface area contributed by atoms with Crippen LogP contribution in [0.3, 0.4) is 0 Å². The number of hydrogen-bond donors (Lipinski definition) is 1. The molecule has 0 aromatic heterocycles. The molecule has 1 fully saturated rings. The molecule has 1 aromatic rings. The summed E-state index contributed by atoms with van der Waals surface area (Å²) in [6.07, 6.45) is 5.66. The van der Waals surface area contributed by atoms with Crippen molar-refractivity contribution in [3.05, 3.63) is 23.8 Å². The lowest BCUT2D eigenvalue weighted by Crippen LogP contribution is -2.12. The van der Waals surface area contributed by atoms with Crippen LogP contribution in [0.2, 0.25) is 0 Å². The molecule has 1 aliphatic carbocycles. The Labute approximate surface area is 109 Å². The molecular formula is C14H21NO2S. The van der Waals surface area contributed by atoms with Crippen molar-refractivity contribution in [3.8, 4) is 0 Å². The highest BCUT2D eigenvalue weighted by atomic mass is 32.2. The summed E-state index contributed by atoms with van der Waals surface area (Å²) in [5, 5.41) is 0. The fraction of sp³-hybridized carbons (Fsp3) is 0.571. The first-order chi connectivity index (χ1) is 8.50. The normalized spacial score (nSPS) is 17.2. The molecule has 1 aromatic carbocycles. The molecule has 3 nitrogen and oxygen atoms in total. The highest BCUT2D eigenvalue weighted by Crippen LogP contribution is 2.29. The summed E-state index contributed by atoms with van der Waals surface area (Å²) in [5.41, 5.74) is 7.01. The lowest BCUT2D eigenvalue weighted by Gasteiger charge is -2.12. The minimum Gasteiger partial charge on any atom is -0.398 e. The van der Waals surface area contributed by atoms with E-state index in [-0.39, 0.29) is 5.75 Å². The van der Waals surface area contributed by atoms with Crippen LogP contribution in [-0.2, 0) is 9.84 Å². The number of nitrogens with two attached hydrogens (primary N) is 1. The van der Waals surface area contributed by atoms with E-state index in [0.717, 1.165) is 6.42 Å². The van der Waals surface area contributed by atoms with E-state index in [0.29, 0.717) is 22.1 Å². The summed E-state index contributed by atoms with van der Waals surface area (Å²) in [6.45, 7) is 1.78. The van der Waals surface area contributed by atoms with Gasteiger partial charge in [-0.2, -0.15) is 0 Å². The quantitative estimate of drug-likeness (QED) is 0.853. The minimum absolute atomic E-state index is 0.252. The molecular weight excluding hydrogens is 246 g/mol. The van der Waals surface area contributed by atoms with Gasteiger partial charge >= 0.3 is 0 Å². The Morgan fingerprint density at radius 3 is 2.61 bits per heavy atom. The zero-order valence-electron chi connectivity index (χ0n) is 10.9. The molecule has 0 spiro atoms. The van der Waals surface area contributed by atoms with E-state index >= 15 is 0 Å². The van der Waals surface area contributed by atoms with Crippen LogP contribution in [0.4, 0.5) is 5.69 Å². The number of nitrogen functional groups attached to an aromatic ring is 1. The van der Waals surface area contributed by atoms with Crippen LogP contribution in [0.1, 0.15) is 37.7 Å². The molecule has 0 radical (unpaired) electrons. The number of benzene rings is 1. The van der Waals surface area contributed by atoms with Gasteiger partial charge in [0.2, 0.25) is 0 Å². The first-order valence-electron chi connectivity index (χ1n) is 6.58. The molecule has 0 heterocycles. The van der Waals surface area contributed by atoms with Crippen molar-refractivity contribution in [1.29, 1.82) is 0 Å². The topological polar surface area (TPSA) is 60.2 Å². The van der Waals surface area contributed by atoms with Gasteiger partial charge in [-0.05, 0) is 37.0 Å². The van der Waals surface area contributed by atoms with Crippen LogP contribution in [0.15, 0.2) is 23.1 Å². The third kappa shape index (κ3) is 2.86. The maximum absolute atomic E-state index is 12.3. The molecule has 0 saturated heterocycles. The molecule has 100 valence electrons. The van der Waals surface area contributed by atoms with E-state index in [9.17, 15) is 8.42 Å². The Morgan fingerprint density at radius 1 is 1.28 bits per heavy atom. The zero-order chi connectivity index (χ0) is 13.2. The van der Waals surface area contributed by atoms with E-state index in [1.165, 1.54) is 25.7 Å². The monoisotopic (exact) mass is 267 g/mol. The number of hydrogen-bond acceptors (Lipinski definition) is 3. The van der Waals surface area contributed by atoms with Gasteiger partial charge in [0.1, 0.15) is 0 Å². The van der Waals surface area contributed by atoms with Crippen molar-refractivity contribution in [3.63, 3.8) is 0 Å². The van der Waals surface area contributed by atoms with Crippen molar-refractivity contribution >= 4 is 15.5 Å². The number of rotatable bonds is 4. The molecule has 2 N–H and O–H groups in total. The van der Waals surface area contributed by atoms with Crippen LogP contribution in [-0.4, -0.2) is 14.2 Å². The lowest BCUT2D eigenvalue weighted by atomic mass is 10.1. The van der Waals surface area contributed by atoms with Gasteiger partial charge in [0.15, 0.2) is 9.84 Å². The Kier molecular flexibility index (Phi) is 3.95. The second-order valence-electron chi connectivity index (χ2n) is 5.23. The Morgan fingerprint density at radius 2 is 1.94 bits per heavy atom. The summed E-state index contributed by atoms with van der Waals surface area (Å²) in [7, 11) is -3.18. The Bertz CT molecular complexity index is 517. The number of sulfone groups is 1. The summed E-state index contributed by atoms with van der Waals surface area (Å²) in [5.74, 6) is 0.850. The standard InChI is InChI=1S/C14H21NO2S/c1-11-13(15)7-4-8-14(11)18(16,17)10-9-12-5-2-3-6-12/h4,7-8,12H,2-3,5-6,9-10,15H2,1H3. The molecule has 0 atom stereocenters. The second-order valence-corrected chi connectivity index (χ2v) is 7.31. The van der Waals surface area contributed by atoms with Gasteiger partial charge in [-0.15, -0.1) is 0 Å². The Balaban J connectivity index is 2.12. The van der Waals surface area contributed by atoms with Crippen LogP contribution in [0, 0.1) is 12.8 Å². The number of anilines is 1. The summed E-state index contributed by atoms with van der Waals surface area (Å²) < 4.78 is 24.6. The van der Waals surface area contributed by atoms with E-state index in [4.69, 9.17) is 5.73 Å². The largest absolute Gasteiger partial charge is 0.398 e. The second kappa shape index (κ2) is 5.31. The van der Waals surface area contributed by atoms with Gasteiger partial charge in [0.05, 0.1) is 10.6 Å². The molecule has 4 heteroatoms. The molecule has 2 rings (SSSR count). The van der Waals surface area contributed by atoms with Gasteiger partial charge < -0.3 is 5.73 Å². The fourth-order valence-electron chi connectivity index (χ4n) is 2.70. The van der Waals surface area contributed by atoms with Gasteiger partial charge in [0.25, 0.3) is 0 Å². The van der Waals surface area contributed by atoms with Crippen molar-refractivity contribution in [2.24, 2.45) is 5.92 Å². The van der Waals surface area contributed by atoms with Crippen molar-refractivity contribution in [2.45, 2.75) is 43.9 Å². The maximum atomic E-state index is 12.3. The third-order valence-electron chi connectivity index (χ3n) is 3.93. The van der Waals surface area contributed by atoms with Gasteiger partial charge in [-0.1, -0.05) is 31.7 Å². The highest BCUT2D eigenvalue weighted by molar-refractivity contribution is 7.91. The van der Waals surface area contributed by atoms with Gasteiger partial charge in [0, 0.05) is 5.69 Å². The smallest absolute Gasteiger partial charge is 0.178 e.